The highest BCUT2D eigenvalue weighted by Gasteiger charge is 2.06. The molecule has 0 aliphatic rings. The van der Waals surface area contributed by atoms with Crippen molar-refractivity contribution in [2.75, 3.05) is 6.61 Å². The summed E-state index contributed by atoms with van der Waals surface area (Å²) < 4.78 is 10.8. The van der Waals surface area contributed by atoms with Crippen molar-refractivity contribution in [1.29, 1.82) is 0 Å². The average molecular weight is 314 g/mol. The van der Waals surface area contributed by atoms with Crippen molar-refractivity contribution in [3.05, 3.63) is 54.0 Å². The zero-order valence-corrected chi connectivity index (χ0v) is 13.7. The molecule has 23 heavy (non-hydrogen) atoms. The van der Waals surface area contributed by atoms with Gasteiger partial charge in [-0.05, 0) is 55.7 Å². The van der Waals surface area contributed by atoms with Gasteiger partial charge in [0, 0.05) is 5.56 Å². The molecule has 0 radical (unpaired) electrons. The number of nitrogens with one attached hydrogen (secondary N) is 1. The van der Waals surface area contributed by atoms with E-state index in [1.807, 2.05) is 0 Å². The van der Waals surface area contributed by atoms with Crippen molar-refractivity contribution in [2.45, 2.75) is 27.2 Å². The van der Waals surface area contributed by atoms with E-state index in [9.17, 15) is 4.79 Å². The van der Waals surface area contributed by atoms with E-state index >= 15 is 0 Å². The minimum atomic E-state index is -0.273. The van der Waals surface area contributed by atoms with Crippen LogP contribution in [0.25, 0.3) is 0 Å². The Morgan fingerprint density at radius 1 is 1.26 bits per heavy atom. The van der Waals surface area contributed by atoms with E-state index in [1.54, 1.807) is 49.6 Å². The van der Waals surface area contributed by atoms with E-state index < -0.39 is 0 Å². The second kappa shape index (κ2) is 8.17. The molecular weight excluding hydrogens is 292 g/mol. The second-order valence-electron chi connectivity index (χ2n) is 5.67. The molecule has 0 aliphatic heterocycles. The Morgan fingerprint density at radius 2 is 2.00 bits per heavy atom. The van der Waals surface area contributed by atoms with Gasteiger partial charge in [-0.2, -0.15) is 5.10 Å². The molecule has 2 aromatic rings. The molecule has 0 spiro atoms. The normalized spacial score (nSPS) is 11.6. The van der Waals surface area contributed by atoms with Crippen LogP contribution in [0, 0.1) is 5.92 Å². The SMILES string of the molecule is C/C(=N\NC(=O)c1ccc(OCCC(C)C)cc1)c1ccco1. The Kier molecular flexibility index (Phi) is 5.97. The third kappa shape index (κ3) is 5.29. The number of hydrogen-bond donors (Lipinski definition) is 1. The van der Waals surface area contributed by atoms with Crippen LogP contribution < -0.4 is 10.2 Å². The first-order chi connectivity index (χ1) is 11.1. The summed E-state index contributed by atoms with van der Waals surface area (Å²) in [6, 6.07) is 10.6. The molecule has 5 heteroatoms. The van der Waals surface area contributed by atoms with Crippen LogP contribution >= 0.6 is 0 Å². The summed E-state index contributed by atoms with van der Waals surface area (Å²) in [6.07, 6.45) is 2.57. The third-order valence-corrected chi connectivity index (χ3v) is 3.28. The number of hydrogen-bond acceptors (Lipinski definition) is 4. The van der Waals surface area contributed by atoms with Gasteiger partial charge >= 0.3 is 0 Å². The summed E-state index contributed by atoms with van der Waals surface area (Å²) in [6.45, 7) is 6.75. The van der Waals surface area contributed by atoms with Gasteiger partial charge in [-0.25, -0.2) is 5.43 Å². The number of carbonyl (C=O) groups excluding carboxylic acids is 1. The number of hydrazone groups is 1. The molecule has 0 atom stereocenters. The largest absolute Gasteiger partial charge is 0.494 e. The van der Waals surface area contributed by atoms with Gasteiger partial charge in [0.1, 0.15) is 17.2 Å². The van der Waals surface area contributed by atoms with Gasteiger partial charge in [-0.3, -0.25) is 4.79 Å². The zero-order valence-electron chi connectivity index (χ0n) is 13.7. The second-order valence-corrected chi connectivity index (χ2v) is 5.67. The molecule has 0 unspecified atom stereocenters. The van der Waals surface area contributed by atoms with Crippen LogP contribution in [0.2, 0.25) is 0 Å². The highest BCUT2D eigenvalue weighted by molar-refractivity contribution is 5.99. The molecule has 1 aromatic heterocycles. The molecule has 1 aromatic carbocycles. The lowest BCUT2D eigenvalue weighted by atomic mass is 10.1. The number of rotatable bonds is 7. The molecule has 1 heterocycles. The van der Waals surface area contributed by atoms with Crippen LogP contribution in [0.15, 0.2) is 52.2 Å². The van der Waals surface area contributed by atoms with Gasteiger partial charge < -0.3 is 9.15 Å². The number of amides is 1. The van der Waals surface area contributed by atoms with Gasteiger partial charge in [0.2, 0.25) is 0 Å². The quantitative estimate of drug-likeness (QED) is 0.623. The van der Waals surface area contributed by atoms with E-state index in [-0.39, 0.29) is 5.91 Å². The van der Waals surface area contributed by atoms with Crippen LogP contribution in [0.1, 0.15) is 43.3 Å². The maximum Gasteiger partial charge on any atom is 0.271 e. The van der Waals surface area contributed by atoms with Gasteiger partial charge in [-0.1, -0.05) is 13.8 Å². The van der Waals surface area contributed by atoms with Crippen LogP contribution in [0.3, 0.4) is 0 Å². The Morgan fingerprint density at radius 3 is 2.61 bits per heavy atom. The molecule has 0 bridgehead atoms. The van der Waals surface area contributed by atoms with Crippen LogP contribution in [-0.4, -0.2) is 18.2 Å². The fraction of sp³-hybridized carbons (Fsp3) is 0.333. The van der Waals surface area contributed by atoms with E-state index in [1.165, 1.54) is 0 Å². The summed E-state index contributed by atoms with van der Waals surface area (Å²) in [7, 11) is 0. The Hall–Kier alpha value is -2.56. The van der Waals surface area contributed by atoms with Crippen molar-refractivity contribution in [1.82, 2.24) is 5.43 Å². The Bertz CT molecular complexity index is 643. The molecule has 1 N–H and O–H groups in total. The van der Waals surface area contributed by atoms with Crippen LogP contribution in [0.5, 0.6) is 5.75 Å². The van der Waals surface area contributed by atoms with Crippen molar-refractivity contribution in [3.8, 4) is 5.75 Å². The first-order valence-corrected chi connectivity index (χ1v) is 7.67. The van der Waals surface area contributed by atoms with Gasteiger partial charge in [0.25, 0.3) is 5.91 Å². The maximum absolute atomic E-state index is 12.0. The first-order valence-electron chi connectivity index (χ1n) is 7.67. The number of carbonyl (C=O) groups is 1. The summed E-state index contributed by atoms with van der Waals surface area (Å²) in [5.74, 6) is 1.72. The van der Waals surface area contributed by atoms with E-state index in [4.69, 9.17) is 9.15 Å². The fourth-order valence-corrected chi connectivity index (χ4v) is 1.85. The Labute approximate surface area is 136 Å². The minimum Gasteiger partial charge on any atom is -0.494 e. The molecule has 0 saturated carbocycles. The number of furan rings is 1. The molecule has 0 aliphatic carbocycles. The summed E-state index contributed by atoms with van der Waals surface area (Å²) in [4.78, 5) is 12.0. The highest BCUT2D eigenvalue weighted by Crippen LogP contribution is 2.13. The topological polar surface area (TPSA) is 63.8 Å². The molecule has 5 nitrogen and oxygen atoms in total. The molecule has 0 fully saturated rings. The van der Waals surface area contributed by atoms with Crippen molar-refractivity contribution in [2.24, 2.45) is 11.0 Å². The van der Waals surface area contributed by atoms with Gasteiger partial charge in [0.15, 0.2) is 0 Å². The molecule has 0 saturated heterocycles. The number of benzene rings is 1. The predicted octanol–water partition coefficient (Wildman–Crippen LogP) is 3.86. The van der Waals surface area contributed by atoms with Crippen molar-refractivity contribution >= 4 is 11.6 Å². The van der Waals surface area contributed by atoms with E-state index in [0.717, 1.165) is 12.2 Å². The molecular formula is C18H22N2O3. The zero-order chi connectivity index (χ0) is 16.7. The first kappa shape index (κ1) is 16.8. The maximum atomic E-state index is 12.0. The minimum absolute atomic E-state index is 0.273. The third-order valence-electron chi connectivity index (χ3n) is 3.28. The lowest BCUT2D eigenvalue weighted by Gasteiger charge is -2.08. The van der Waals surface area contributed by atoms with E-state index in [2.05, 4.69) is 24.4 Å². The Balaban J connectivity index is 1.89. The monoisotopic (exact) mass is 314 g/mol. The highest BCUT2D eigenvalue weighted by atomic mass is 16.5. The number of nitrogens with zero attached hydrogens (tertiary/aromatic N) is 1. The molecule has 1 amide bonds. The summed E-state index contributed by atoms with van der Waals surface area (Å²) in [5.41, 5.74) is 3.65. The lowest BCUT2D eigenvalue weighted by molar-refractivity contribution is 0.0955. The van der Waals surface area contributed by atoms with Crippen LogP contribution in [0.4, 0.5) is 0 Å². The molecule has 2 rings (SSSR count). The molecule has 122 valence electrons. The van der Waals surface area contributed by atoms with Crippen LogP contribution in [-0.2, 0) is 0 Å². The van der Waals surface area contributed by atoms with Crippen molar-refractivity contribution < 1.29 is 13.9 Å². The van der Waals surface area contributed by atoms with Gasteiger partial charge in [-0.15, -0.1) is 0 Å². The predicted molar refractivity (Wildman–Crippen MR) is 89.8 cm³/mol. The summed E-state index contributed by atoms with van der Waals surface area (Å²) >= 11 is 0. The van der Waals surface area contributed by atoms with Gasteiger partial charge in [0.05, 0.1) is 12.9 Å². The average Bonchev–Trinajstić information content (AvgIpc) is 3.07. The summed E-state index contributed by atoms with van der Waals surface area (Å²) in [5, 5.41) is 4.03. The van der Waals surface area contributed by atoms with Crippen molar-refractivity contribution in [3.63, 3.8) is 0 Å². The lowest BCUT2D eigenvalue weighted by Crippen LogP contribution is -2.19. The van der Waals surface area contributed by atoms with E-state index in [0.29, 0.717) is 29.6 Å². The standard InChI is InChI=1S/C18H22N2O3/c1-13(2)10-12-22-16-8-6-15(7-9-16)18(21)20-19-14(3)17-5-4-11-23-17/h4-9,11,13H,10,12H2,1-3H3,(H,20,21)/b19-14+. The fourth-order valence-electron chi connectivity index (χ4n) is 1.85. The smallest absolute Gasteiger partial charge is 0.271 e. The number of ether oxygens (including phenoxy) is 1.